The van der Waals surface area contributed by atoms with Gasteiger partial charge in [0.15, 0.2) is 0 Å². The Bertz CT molecular complexity index is 557. The van der Waals surface area contributed by atoms with Crippen molar-refractivity contribution in [3.8, 4) is 0 Å². The largest absolute Gasteiger partial charge is 0.341 e. The number of H-pyrrole nitrogens is 1. The van der Waals surface area contributed by atoms with E-state index in [2.05, 4.69) is 10.2 Å². The van der Waals surface area contributed by atoms with E-state index in [0.717, 1.165) is 22.8 Å². The van der Waals surface area contributed by atoms with Gasteiger partial charge in [0.05, 0.1) is 6.20 Å². The number of halogens is 1. The van der Waals surface area contributed by atoms with Gasteiger partial charge in [-0.15, -0.1) is 11.8 Å². The Balaban J connectivity index is 1.65. The summed E-state index contributed by atoms with van der Waals surface area (Å²) in [5.74, 6) is 1.08. The number of carbonyl (C=O) groups excluding carboxylic acids is 1. The van der Waals surface area contributed by atoms with E-state index < -0.39 is 0 Å². The quantitative estimate of drug-likeness (QED) is 0.625. The molecule has 4 nitrogen and oxygen atoms in total. The minimum Gasteiger partial charge on any atom is -0.341 e. The molecule has 0 atom stereocenters. The Labute approximate surface area is 133 Å². The maximum atomic E-state index is 12.0. The van der Waals surface area contributed by atoms with Crippen molar-refractivity contribution in [2.24, 2.45) is 0 Å². The molecular weight excluding hydrogens is 306 g/mol. The van der Waals surface area contributed by atoms with Crippen LogP contribution in [0.5, 0.6) is 0 Å². The van der Waals surface area contributed by atoms with E-state index in [0.29, 0.717) is 13.0 Å². The third-order valence-corrected chi connectivity index (χ3v) is 4.37. The standard InChI is InChI=1S/C15H18ClN3OS/c1-19(11-12-9-17-18-10-12)15(20)3-2-8-21-14-6-4-13(16)5-7-14/h4-7,9-10H,2-3,8,11H2,1H3,(H,17,18). The lowest BCUT2D eigenvalue weighted by Gasteiger charge is -2.15. The van der Waals surface area contributed by atoms with Crippen LogP contribution in [-0.2, 0) is 11.3 Å². The molecule has 21 heavy (non-hydrogen) atoms. The van der Waals surface area contributed by atoms with Crippen LogP contribution in [0.25, 0.3) is 0 Å². The third-order valence-electron chi connectivity index (χ3n) is 3.02. The molecular formula is C15H18ClN3OS. The molecule has 112 valence electrons. The molecule has 1 N–H and O–H groups in total. The molecule has 2 aromatic rings. The highest BCUT2D eigenvalue weighted by atomic mass is 35.5. The van der Waals surface area contributed by atoms with Crippen molar-refractivity contribution >= 4 is 29.3 Å². The Hall–Kier alpha value is -1.46. The van der Waals surface area contributed by atoms with Crippen molar-refractivity contribution in [2.45, 2.75) is 24.3 Å². The van der Waals surface area contributed by atoms with Crippen molar-refractivity contribution < 1.29 is 4.79 Å². The van der Waals surface area contributed by atoms with Gasteiger partial charge in [0.25, 0.3) is 0 Å². The zero-order chi connectivity index (χ0) is 15.1. The fourth-order valence-corrected chi connectivity index (χ4v) is 2.84. The summed E-state index contributed by atoms with van der Waals surface area (Å²) in [7, 11) is 1.82. The highest BCUT2D eigenvalue weighted by Gasteiger charge is 2.09. The van der Waals surface area contributed by atoms with Crippen LogP contribution >= 0.6 is 23.4 Å². The van der Waals surface area contributed by atoms with Gasteiger partial charge in [-0.3, -0.25) is 9.89 Å². The molecule has 0 aliphatic rings. The van der Waals surface area contributed by atoms with Crippen LogP contribution in [0.15, 0.2) is 41.6 Å². The van der Waals surface area contributed by atoms with Crippen LogP contribution in [0.2, 0.25) is 5.02 Å². The first-order valence-electron chi connectivity index (χ1n) is 6.75. The molecule has 0 saturated carbocycles. The van der Waals surface area contributed by atoms with E-state index in [1.165, 1.54) is 4.90 Å². The first kappa shape index (κ1) is 15.9. The van der Waals surface area contributed by atoms with Gasteiger partial charge >= 0.3 is 0 Å². The Morgan fingerprint density at radius 3 is 2.81 bits per heavy atom. The SMILES string of the molecule is CN(Cc1cn[nH]c1)C(=O)CCCSc1ccc(Cl)cc1. The molecule has 1 heterocycles. The number of rotatable bonds is 7. The Morgan fingerprint density at radius 1 is 1.38 bits per heavy atom. The van der Waals surface area contributed by atoms with Gasteiger partial charge < -0.3 is 4.90 Å². The van der Waals surface area contributed by atoms with E-state index in [1.807, 2.05) is 31.3 Å². The monoisotopic (exact) mass is 323 g/mol. The molecule has 1 aromatic carbocycles. The lowest BCUT2D eigenvalue weighted by Crippen LogP contribution is -2.25. The smallest absolute Gasteiger partial charge is 0.222 e. The number of aromatic nitrogens is 2. The molecule has 2 rings (SSSR count). The molecule has 0 unspecified atom stereocenters. The van der Waals surface area contributed by atoms with Gasteiger partial charge in [0, 0.05) is 41.7 Å². The van der Waals surface area contributed by atoms with E-state index >= 15 is 0 Å². The van der Waals surface area contributed by atoms with Crippen molar-refractivity contribution in [3.63, 3.8) is 0 Å². The van der Waals surface area contributed by atoms with Gasteiger partial charge in [0.2, 0.25) is 5.91 Å². The summed E-state index contributed by atoms with van der Waals surface area (Å²) < 4.78 is 0. The number of amides is 1. The van der Waals surface area contributed by atoms with Crippen molar-refractivity contribution in [1.82, 2.24) is 15.1 Å². The topological polar surface area (TPSA) is 49.0 Å². The molecule has 0 spiro atoms. The first-order chi connectivity index (χ1) is 10.1. The molecule has 0 radical (unpaired) electrons. The lowest BCUT2D eigenvalue weighted by atomic mass is 10.3. The summed E-state index contributed by atoms with van der Waals surface area (Å²) in [6.07, 6.45) is 4.97. The number of benzene rings is 1. The number of nitrogens with one attached hydrogen (secondary N) is 1. The van der Waals surface area contributed by atoms with Gasteiger partial charge in [-0.2, -0.15) is 5.10 Å². The predicted octanol–water partition coefficient (Wildman–Crippen LogP) is 3.59. The second kappa shape index (κ2) is 8.10. The first-order valence-corrected chi connectivity index (χ1v) is 8.11. The second-order valence-corrected chi connectivity index (χ2v) is 6.37. The Morgan fingerprint density at radius 2 is 2.14 bits per heavy atom. The van der Waals surface area contributed by atoms with Gasteiger partial charge in [-0.05, 0) is 36.4 Å². The van der Waals surface area contributed by atoms with Gasteiger partial charge in [-0.1, -0.05) is 11.6 Å². The minimum atomic E-state index is 0.160. The number of hydrogen-bond donors (Lipinski definition) is 1. The molecule has 0 aliphatic heterocycles. The molecule has 1 amide bonds. The number of thioether (sulfide) groups is 1. The zero-order valence-electron chi connectivity index (χ0n) is 11.9. The molecule has 0 saturated heterocycles. The summed E-state index contributed by atoms with van der Waals surface area (Å²) >= 11 is 7.59. The molecule has 0 bridgehead atoms. The maximum absolute atomic E-state index is 12.0. The summed E-state index contributed by atoms with van der Waals surface area (Å²) in [5.41, 5.74) is 1.02. The highest BCUT2D eigenvalue weighted by Crippen LogP contribution is 2.21. The van der Waals surface area contributed by atoms with E-state index in [1.54, 1.807) is 29.1 Å². The maximum Gasteiger partial charge on any atom is 0.222 e. The Kier molecular flexibility index (Phi) is 6.14. The van der Waals surface area contributed by atoms with Gasteiger partial charge in [-0.25, -0.2) is 0 Å². The van der Waals surface area contributed by atoms with Crippen LogP contribution in [0.4, 0.5) is 0 Å². The fraction of sp³-hybridized carbons (Fsp3) is 0.333. The molecule has 6 heteroatoms. The number of aromatic amines is 1. The van der Waals surface area contributed by atoms with Gasteiger partial charge in [0.1, 0.15) is 0 Å². The zero-order valence-corrected chi connectivity index (χ0v) is 13.5. The van der Waals surface area contributed by atoms with Crippen molar-refractivity contribution in [3.05, 3.63) is 47.2 Å². The van der Waals surface area contributed by atoms with E-state index in [4.69, 9.17) is 11.6 Å². The predicted molar refractivity (Wildman–Crippen MR) is 86.5 cm³/mol. The number of carbonyl (C=O) groups is 1. The average molecular weight is 324 g/mol. The number of hydrogen-bond acceptors (Lipinski definition) is 3. The van der Waals surface area contributed by atoms with E-state index in [-0.39, 0.29) is 5.91 Å². The van der Waals surface area contributed by atoms with Crippen LogP contribution in [0.3, 0.4) is 0 Å². The third kappa shape index (κ3) is 5.44. The van der Waals surface area contributed by atoms with Crippen LogP contribution in [0.1, 0.15) is 18.4 Å². The normalized spacial score (nSPS) is 10.6. The van der Waals surface area contributed by atoms with Crippen LogP contribution < -0.4 is 0 Å². The average Bonchev–Trinajstić information content (AvgIpc) is 2.98. The number of nitrogens with zero attached hydrogens (tertiary/aromatic N) is 2. The van der Waals surface area contributed by atoms with Crippen molar-refractivity contribution in [1.29, 1.82) is 0 Å². The summed E-state index contributed by atoms with van der Waals surface area (Å²) in [6.45, 7) is 0.597. The van der Waals surface area contributed by atoms with Crippen molar-refractivity contribution in [2.75, 3.05) is 12.8 Å². The fourth-order valence-electron chi connectivity index (χ4n) is 1.86. The summed E-state index contributed by atoms with van der Waals surface area (Å²) in [4.78, 5) is 14.9. The minimum absolute atomic E-state index is 0.160. The second-order valence-electron chi connectivity index (χ2n) is 4.76. The molecule has 1 aromatic heterocycles. The molecule has 0 aliphatic carbocycles. The van der Waals surface area contributed by atoms with E-state index in [9.17, 15) is 4.79 Å². The summed E-state index contributed by atoms with van der Waals surface area (Å²) in [6, 6.07) is 7.77. The van der Waals surface area contributed by atoms with Crippen LogP contribution in [0, 0.1) is 0 Å². The summed E-state index contributed by atoms with van der Waals surface area (Å²) in [5, 5.41) is 7.37. The lowest BCUT2D eigenvalue weighted by molar-refractivity contribution is -0.130. The van der Waals surface area contributed by atoms with Crippen LogP contribution in [-0.4, -0.2) is 33.8 Å². The highest BCUT2D eigenvalue weighted by molar-refractivity contribution is 7.99. The molecule has 0 fully saturated rings.